The first kappa shape index (κ1) is 20.7. The number of aromatic nitrogens is 3. The van der Waals surface area contributed by atoms with Gasteiger partial charge < -0.3 is 15.1 Å². The zero-order valence-corrected chi connectivity index (χ0v) is 17.5. The van der Waals surface area contributed by atoms with Gasteiger partial charge in [-0.3, -0.25) is 14.4 Å². The van der Waals surface area contributed by atoms with E-state index in [-0.39, 0.29) is 24.6 Å². The molecule has 33 heavy (non-hydrogen) atoms. The number of carbonyl (C=O) groups is 3. The molecular formula is C22H20FN7O3. The highest BCUT2D eigenvalue weighted by atomic mass is 19.1. The number of alkyl halides is 1. The highest BCUT2D eigenvalue weighted by molar-refractivity contribution is 6.43. The molecule has 0 radical (unpaired) electrons. The molecule has 10 nitrogen and oxygen atoms in total. The summed E-state index contributed by atoms with van der Waals surface area (Å²) in [6.45, 7) is 1.07. The van der Waals surface area contributed by atoms with Crippen molar-refractivity contribution in [1.29, 1.82) is 0 Å². The summed E-state index contributed by atoms with van der Waals surface area (Å²) in [4.78, 5) is 45.7. The first-order chi connectivity index (χ1) is 16.0. The van der Waals surface area contributed by atoms with E-state index in [0.717, 1.165) is 6.21 Å². The van der Waals surface area contributed by atoms with E-state index in [1.54, 1.807) is 35.4 Å². The van der Waals surface area contributed by atoms with Crippen LogP contribution < -0.4 is 5.32 Å². The van der Waals surface area contributed by atoms with Gasteiger partial charge in [-0.1, -0.05) is 23.4 Å². The van der Waals surface area contributed by atoms with Gasteiger partial charge >= 0.3 is 0 Å². The van der Waals surface area contributed by atoms with Gasteiger partial charge in [0, 0.05) is 49.7 Å². The Balaban J connectivity index is 1.27. The number of piperazine rings is 1. The van der Waals surface area contributed by atoms with Gasteiger partial charge in [0.25, 0.3) is 11.8 Å². The van der Waals surface area contributed by atoms with E-state index >= 15 is 0 Å². The number of halogens is 1. The van der Waals surface area contributed by atoms with Crippen LogP contribution in [0.2, 0.25) is 0 Å². The molecule has 11 heteroatoms. The summed E-state index contributed by atoms with van der Waals surface area (Å²) in [7, 11) is 0. The van der Waals surface area contributed by atoms with Crippen molar-refractivity contribution in [3.05, 3.63) is 65.8 Å². The number of hydrogen-bond acceptors (Lipinski definition) is 7. The second-order valence-corrected chi connectivity index (χ2v) is 7.81. The Morgan fingerprint density at radius 2 is 1.76 bits per heavy atom. The van der Waals surface area contributed by atoms with E-state index in [9.17, 15) is 18.8 Å². The monoisotopic (exact) mass is 449 g/mol. The van der Waals surface area contributed by atoms with E-state index in [4.69, 9.17) is 0 Å². The number of nitrogens with one attached hydrogen (secondary N) is 1. The number of Topliss-reactive ketones (excluding diaryl/α,β-unsaturated/α-hetero) is 1. The van der Waals surface area contributed by atoms with Gasteiger partial charge in [0.05, 0.1) is 24.0 Å². The van der Waals surface area contributed by atoms with Gasteiger partial charge in [0.15, 0.2) is 5.82 Å². The summed E-state index contributed by atoms with van der Waals surface area (Å²) < 4.78 is 16.1. The van der Waals surface area contributed by atoms with Crippen molar-refractivity contribution < 1.29 is 18.8 Å². The predicted molar refractivity (Wildman–Crippen MR) is 115 cm³/mol. The van der Waals surface area contributed by atoms with Crippen molar-refractivity contribution in [2.24, 2.45) is 10.9 Å². The van der Waals surface area contributed by atoms with E-state index in [2.05, 4.69) is 20.6 Å². The van der Waals surface area contributed by atoms with Gasteiger partial charge in [0.1, 0.15) is 6.17 Å². The fraction of sp³-hybridized carbons (Fsp3) is 0.273. The molecule has 1 aromatic heterocycles. The quantitative estimate of drug-likeness (QED) is 0.680. The fourth-order valence-electron chi connectivity index (χ4n) is 4.18. The Morgan fingerprint density at radius 1 is 1.03 bits per heavy atom. The Labute approximate surface area is 188 Å². The van der Waals surface area contributed by atoms with Crippen LogP contribution in [-0.2, 0) is 9.59 Å². The van der Waals surface area contributed by atoms with E-state index in [0.29, 0.717) is 30.2 Å². The van der Waals surface area contributed by atoms with Crippen LogP contribution in [0.3, 0.4) is 0 Å². The van der Waals surface area contributed by atoms with Crippen molar-refractivity contribution in [3.63, 3.8) is 0 Å². The van der Waals surface area contributed by atoms with Crippen molar-refractivity contribution in [2.75, 3.05) is 26.2 Å². The molecule has 5 rings (SSSR count). The fourth-order valence-corrected chi connectivity index (χ4v) is 4.18. The number of fused-ring (bicyclic) bond motifs is 1. The maximum atomic E-state index is 14.7. The largest absolute Gasteiger partial charge is 0.361 e. The normalized spacial score (nSPS) is 22.0. The standard InChI is InChI=1S/C22H20FN7O3/c23-16-13-25-20(30-7-6-26-27-30)18-17(16)15(12-24-18)19(31)22(33)29-10-8-28(9-11-29)21(32)14-4-2-1-3-5-14/h1-7,12-13,16-17,24H,8-11H2. The molecular weight excluding hydrogens is 429 g/mol. The van der Waals surface area contributed by atoms with E-state index < -0.39 is 23.8 Å². The Morgan fingerprint density at radius 3 is 2.45 bits per heavy atom. The van der Waals surface area contributed by atoms with Crippen LogP contribution in [0.25, 0.3) is 5.82 Å². The summed E-state index contributed by atoms with van der Waals surface area (Å²) in [6.07, 6.45) is 3.90. The number of ketones is 1. The highest BCUT2D eigenvalue weighted by Gasteiger charge is 2.43. The van der Waals surface area contributed by atoms with E-state index in [1.165, 1.54) is 22.0 Å². The van der Waals surface area contributed by atoms with Crippen molar-refractivity contribution in [1.82, 2.24) is 30.1 Å². The minimum atomic E-state index is -1.56. The number of rotatable bonds is 4. The van der Waals surface area contributed by atoms with Gasteiger partial charge in [-0.05, 0) is 12.1 Å². The topological polar surface area (TPSA) is 113 Å². The molecule has 3 aliphatic heterocycles. The average molecular weight is 449 g/mol. The first-order valence-corrected chi connectivity index (χ1v) is 10.5. The first-order valence-electron chi connectivity index (χ1n) is 10.5. The van der Waals surface area contributed by atoms with Crippen molar-refractivity contribution in [3.8, 4) is 0 Å². The molecule has 0 spiro atoms. The van der Waals surface area contributed by atoms with Crippen LogP contribution in [0.5, 0.6) is 0 Å². The molecule has 2 amide bonds. The molecule has 4 heterocycles. The molecule has 1 N–H and O–H groups in total. The maximum absolute atomic E-state index is 14.7. The minimum absolute atomic E-state index is 0.0362. The van der Waals surface area contributed by atoms with Crippen LogP contribution in [0, 0.1) is 5.92 Å². The number of aliphatic imine (C=N–C) groups is 1. The molecule has 2 atom stereocenters. The van der Waals surface area contributed by atoms with Crippen molar-refractivity contribution >= 4 is 29.6 Å². The van der Waals surface area contributed by atoms with Gasteiger partial charge in [0.2, 0.25) is 5.78 Å². The van der Waals surface area contributed by atoms with Crippen LogP contribution in [0.1, 0.15) is 10.4 Å². The highest BCUT2D eigenvalue weighted by Crippen LogP contribution is 2.36. The summed E-state index contributed by atoms with van der Waals surface area (Å²) in [5, 5.41) is 10.5. The summed E-state index contributed by atoms with van der Waals surface area (Å²) >= 11 is 0. The minimum Gasteiger partial charge on any atom is -0.361 e. The average Bonchev–Trinajstić information content (AvgIpc) is 3.55. The van der Waals surface area contributed by atoms with Gasteiger partial charge in [-0.15, -0.1) is 5.10 Å². The van der Waals surface area contributed by atoms with Gasteiger partial charge in [-0.2, -0.15) is 0 Å². The number of allylic oxidation sites excluding steroid dienone is 1. The summed E-state index contributed by atoms with van der Waals surface area (Å²) in [5.41, 5.74) is 0.963. The lowest BCUT2D eigenvalue weighted by atomic mass is 9.89. The molecule has 1 fully saturated rings. The molecule has 0 saturated carbocycles. The number of carbonyl (C=O) groups excluding carboxylic acids is 3. The maximum Gasteiger partial charge on any atom is 0.294 e. The Kier molecular flexibility index (Phi) is 5.29. The molecule has 2 aromatic rings. The third-order valence-corrected chi connectivity index (χ3v) is 5.90. The summed E-state index contributed by atoms with van der Waals surface area (Å²) in [5.74, 6) is -2.27. The number of hydrogen-bond donors (Lipinski definition) is 1. The number of nitrogens with zero attached hydrogens (tertiary/aromatic N) is 6. The molecule has 1 aromatic carbocycles. The second kappa shape index (κ2) is 8.41. The zero-order valence-electron chi connectivity index (χ0n) is 17.5. The molecule has 0 bridgehead atoms. The molecule has 168 valence electrons. The SMILES string of the molecule is O=C(C(=O)N1CCN(C(=O)c2ccccc2)CC1)C1=CNC2=C(n3ccnn3)N=CC(F)C12. The Bertz CT molecular complexity index is 1180. The van der Waals surface area contributed by atoms with E-state index in [1.807, 2.05) is 6.07 Å². The van der Waals surface area contributed by atoms with Crippen LogP contribution >= 0.6 is 0 Å². The lowest BCUT2D eigenvalue weighted by Gasteiger charge is -2.34. The van der Waals surface area contributed by atoms with Crippen LogP contribution in [0.15, 0.2) is 65.2 Å². The zero-order chi connectivity index (χ0) is 22.9. The van der Waals surface area contributed by atoms with Crippen LogP contribution in [-0.4, -0.2) is 81.0 Å². The number of amides is 2. The summed E-state index contributed by atoms with van der Waals surface area (Å²) in [6, 6.07) is 8.90. The predicted octanol–water partition coefficient (Wildman–Crippen LogP) is 0.484. The van der Waals surface area contributed by atoms with Gasteiger partial charge in [-0.25, -0.2) is 14.1 Å². The smallest absolute Gasteiger partial charge is 0.294 e. The molecule has 1 saturated heterocycles. The second-order valence-electron chi connectivity index (χ2n) is 7.81. The lowest BCUT2D eigenvalue weighted by molar-refractivity contribution is -0.144. The molecule has 2 unspecified atom stereocenters. The third-order valence-electron chi connectivity index (χ3n) is 5.90. The molecule has 0 aliphatic carbocycles. The lowest BCUT2D eigenvalue weighted by Crippen LogP contribution is -2.52. The molecule has 3 aliphatic rings. The number of benzene rings is 1. The Hall–Kier alpha value is -4.15. The van der Waals surface area contributed by atoms with Crippen LogP contribution in [0.4, 0.5) is 4.39 Å². The third kappa shape index (κ3) is 3.71. The van der Waals surface area contributed by atoms with Crippen molar-refractivity contribution in [2.45, 2.75) is 6.17 Å².